The van der Waals surface area contributed by atoms with Crippen molar-refractivity contribution in [2.24, 2.45) is 0 Å². The maximum atomic E-state index is 11.2. The first-order valence-corrected chi connectivity index (χ1v) is 5.60. The Labute approximate surface area is 77.3 Å². The van der Waals surface area contributed by atoms with Gasteiger partial charge in [-0.3, -0.25) is 4.79 Å². The van der Waals surface area contributed by atoms with Crippen molar-refractivity contribution in [3.8, 4) is 0 Å². The van der Waals surface area contributed by atoms with E-state index >= 15 is 0 Å². The highest BCUT2D eigenvalue weighted by atomic mass is 32.2. The normalized spacial score (nSPS) is 11.2. The number of carbonyl (C=O) groups is 1. The number of hydrogen-bond acceptors (Lipinski definition) is 3. The highest BCUT2D eigenvalue weighted by Crippen LogP contribution is 2.15. The summed E-state index contributed by atoms with van der Waals surface area (Å²) in [5.41, 5.74) is 1.04. The average Bonchev–Trinajstić information content (AvgIpc) is 2.03. The van der Waals surface area contributed by atoms with Crippen molar-refractivity contribution >= 4 is 16.1 Å². The first-order valence-electron chi connectivity index (χ1n) is 3.71. The van der Waals surface area contributed by atoms with Gasteiger partial charge in [0.05, 0.1) is 4.90 Å². The molecule has 1 aromatic rings. The molecule has 0 saturated heterocycles. The predicted octanol–water partition coefficient (Wildman–Crippen LogP) is 1.21. The van der Waals surface area contributed by atoms with Crippen LogP contribution in [0.2, 0.25) is 0 Å². The van der Waals surface area contributed by atoms with E-state index in [0.29, 0.717) is 6.29 Å². The molecule has 0 atom stereocenters. The molecule has 0 aliphatic rings. The summed E-state index contributed by atoms with van der Waals surface area (Å²) in [6.45, 7) is 1.78. The van der Waals surface area contributed by atoms with E-state index in [-0.39, 0.29) is 10.5 Å². The summed E-state index contributed by atoms with van der Waals surface area (Å²) in [6.07, 6.45) is 1.64. The predicted molar refractivity (Wildman–Crippen MR) is 49.7 cm³/mol. The molecule has 0 radical (unpaired) electrons. The fraction of sp³-hybridized carbons (Fsp3) is 0.222. The Bertz CT molecular complexity index is 432. The zero-order valence-corrected chi connectivity index (χ0v) is 8.26. The van der Waals surface area contributed by atoms with E-state index < -0.39 is 9.84 Å². The van der Waals surface area contributed by atoms with Crippen molar-refractivity contribution in [2.45, 2.75) is 11.8 Å². The quantitative estimate of drug-likeness (QED) is 0.671. The Morgan fingerprint density at radius 1 is 1.31 bits per heavy atom. The van der Waals surface area contributed by atoms with Gasteiger partial charge >= 0.3 is 0 Å². The van der Waals surface area contributed by atoms with Crippen LogP contribution in [0.1, 0.15) is 15.9 Å². The highest BCUT2D eigenvalue weighted by Gasteiger charge is 2.12. The molecule has 70 valence electrons. The van der Waals surface area contributed by atoms with Gasteiger partial charge in [0.25, 0.3) is 0 Å². The van der Waals surface area contributed by atoms with Crippen molar-refractivity contribution in [1.82, 2.24) is 0 Å². The van der Waals surface area contributed by atoms with Crippen LogP contribution < -0.4 is 0 Å². The second-order valence-corrected chi connectivity index (χ2v) is 4.92. The van der Waals surface area contributed by atoms with Crippen molar-refractivity contribution in [3.63, 3.8) is 0 Å². The molecule has 13 heavy (non-hydrogen) atoms. The van der Waals surface area contributed by atoms with Gasteiger partial charge in [0.15, 0.2) is 16.1 Å². The molecule has 0 saturated carbocycles. The van der Waals surface area contributed by atoms with Gasteiger partial charge in [-0.1, -0.05) is 12.1 Å². The molecular formula is C9H10O3S. The number of aryl methyl sites for hydroxylation is 1. The third-order valence-electron chi connectivity index (χ3n) is 1.70. The van der Waals surface area contributed by atoms with Gasteiger partial charge < -0.3 is 0 Å². The standard InChI is InChI=1S/C9H10O3S/c1-7-3-4-8(6-10)9(5-7)13(2,11)12/h3-6H,1-2H3. The molecule has 0 spiro atoms. The first-order chi connectivity index (χ1) is 5.95. The van der Waals surface area contributed by atoms with Gasteiger partial charge in [0.2, 0.25) is 0 Å². The number of hydrogen-bond donors (Lipinski definition) is 0. The third kappa shape index (κ3) is 2.15. The molecule has 0 N–H and O–H groups in total. The summed E-state index contributed by atoms with van der Waals surface area (Å²) in [7, 11) is -3.30. The van der Waals surface area contributed by atoms with Crippen LogP contribution in [0, 0.1) is 6.92 Å². The van der Waals surface area contributed by atoms with E-state index in [9.17, 15) is 13.2 Å². The molecule has 1 aromatic carbocycles. The zero-order chi connectivity index (χ0) is 10.1. The van der Waals surface area contributed by atoms with Crippen LogP contribution in [-0.2, 0) is 9.84 Å². The summed E-state index contributed by atoms with van der Waals surface area (Å²) in [4.78, 5) is 10.6. The third-order valence-corrected chi connectivity index (χ3v) is 2.85. The fourth-order valence-electron chi connectivity index (χ4n) is 1.06. The molecule has 0 aromatic heterocycles. The number of rotatable bonds is 2. The zero-order valence-electron chi connectivity index (χ0n) is 7.44. The van der Waals surface area contributed by atoms with Gasteiger partial charge in [-0.15, -0.1) is 0 Å². The molecule has 1 rings (SSSR count). The molecule has 0 unspecified atom stereocenters. The van der Waals surface area contributed by atoms with E-state index in [1.165, 1.54) is 12.1 Å². The van der Waals surface area contributed by atoms with Crippen LogP contribution in [-0.4, -0.2) is 21.0 Å². The molecule has 0 aliphatic heterocycles. The van der Waals surface area contributed by atoms with Gasteiger partial charge in [-0.05, 0) is 18.6 Å². The van der Waals surface area contributed by atoms with Crippen molar-refractivity contribution in [1.29, 1.82) is 0 Å². The van der Waals surface area contributed by atoms with Crippen LogP contribution in [0.25, 0.3) is 0 Å². The van der Waals surface area contributed by atoms with E-state index in [0.717, 1.165) is 11.8 Å². The van der Waals surface area contributed by atoms with Crippen molar-refractivity contribution in [3.05, 3.63) is 29.3 Å². The second kappa shape index (κ2) is 3.30. The maximum Gasteiger partial charge on any atom is 0.176 e. The van der Waals surface area contributed by atoms with Gasteiger partial charge in [0, 0.05) is 11.8 Å². The van der Waals surface area contributed by atoms with Crippen LogP contribution in [0.5, 0.6) is 0 Å². The first kappa shape index (κ1) is 9.92. The summed E-state index contributed by atoms with van der Waals surface area (Å²) < 4.78 is 22.4. The van der Waals surface area contributed by atoms with Gasteiger partial charge in [0.1, 0.15) is 0 Å². The molecule has 0 aliphatic carbocycles. The van der Waals surface area contributed by atoms with Crippen LogP contribution >= 0.6 is 0 Å². The fourth-order valence-corrected chi connectivity index (χ4v) is 2.00. The smallest absolute Gasteiger partial charge is 0.176 e. The van der Waals surface area contributed by atoms with Gasteiger partial charge in [-0.2, -0.15) is 0 Å². The van der Waals surface area contributed by atoms with E-state index in [4.69, 9.17) is 0 Å². The Hall–Kier alpha value is -1.16. The van der Waals surface area contributed by atoms with Gasteiger partial charge in [-0.25, -0.2) is 8.42 Å². The Kier molecular flexibility index (Phi) is 2.52. The molecule has 0 heterocycles. The average molecular weight is 198 g/mol. The molecule has 0 bridgehead atoms. The van der Waals surface area contributed by atoms with Crippen LogP contribution in [0.3, 0.4) is 0 Å². The lowest BCUT2D eigenvalue weighted by Gasteiger charge is -2.02. The lowest BCUT2D eigenvalue weighted by molar-refractivity contribution is 0.112. The summed E-state index contributed by atoms with van der Waals surface area (Å²) in [5.74, 6) is 0. The summed E-state index contributed by atoms with van der Waals surface area (Å²) in [5, 5.41) is 0. The number of aldehydes is 1. The lowest BCUT2D eigenvalue weighted by atomic mass is 10.2. The molecule has 0 fully saturated rings. The molecular weight excluding hydrogens is 188 g/mol. The molecule has 4 heteroatoms. The maximum absolute atomic E-state index is 11.2. The van der Waals surface area contributed by atoms with E-state index in [1.54, 1.807) is 13.0 Å². The van der Waals surface area contributed by atoms with Crippen LogP contribution in [0.15, 0.2) is 23.1 Å². The number of benzene rings is 1. The van der Waals surface area contributed by atoms with Crippen LogP contribution in [0.4, 0.5) is 0 Å². The second-order valence-electron chi connectivity index (χ2n) is 2.93. The minimum Gasteiger partial charge on any atom is -0.298 e. The minimum atomic E-state index is -3.30. The largest absolute Gasteiger partial charge is 0.298 e. The molecule has 3 nitrogen and oxygen atoms in total. The summed E-state index contributed by atoms with van der Waals surface area (Å²) >= 11 is 0. The Balaban J connectivity index is 3.50. The number of sulfone groups is 1. The highest BCUT2D eigenvalue weighted by molar-refractivity contribution is 7.90. The SMILES string of the molecule is Cc1ccc(C=O)c(S(C)(=O)=O)c1. The van der Waals surface area contributed by atoms with Crippen molar-refractivity contribution in [2.75, 3.05) is 6.26 Å². The lowest BCUT2D eigenvalue weighted by Crippen LogP contribution is -2.02. The van der Waals surface area contributed by atoms with E-state index in [1.807, 2.05) is 0 Å². The molecule has 0 amide bonds. The van der Waals surface area contributed by atoms with Crippen molar-refractivity contribution < 1.29 is 13.2 Å². The monoisotopic (exact) mass is 198 g/mol. The van der Waals surface area contributed by atoms with E-state index in [2.05, 4.69) is 0 Å². The number of carbonyl (C=O) groups excluding carboxylic acids is 1. The summed E-state index contributed by atoms with van der Waals surface area (Å²) in [6, 6.07) is 4.72. The minimum absolute atomic E-state index is 0.0995. The Morgan fingerprint density at radius 3 is 2.38 bits per heavy atom. The topological polar surface area (TPSA) is 51.2 Å². The Morgan fingerprint density at radius 2 is 1.92 bits per heavy atom.